The number of carbonyl (C=O) groups is 2. The van der Waals surface area contributed by atoms with Crippen LogP contribution in [0.1, 0.15) is 5.37 Å². The van der Waals surface area contributed by atoms with Crippen LogP contribution in [0, 0.1) is 0 Å². The number of aliphatic hydroxyl groups excluding tert-OH is 4. The van der Waals surface area contributed by atoms with E-state index in [1.54, 1.807) is 0 Å². The Hall–Kier alpha value is -2.23. The highest BCUT2D eigenvalue weighted by Crippen LogP contribution is 2.43. The number of nitrogens with two attached hydrogens (primary N) is 1. The van der Waals surface area contributed by atoms with Crippen LogP contribution in [-0.2, 0) is 16.6 Å². The number of thioether (sulfide) groups is 1. The van der Waals surface area contributed by atoms with Gasteiger partial charge in [0.25, 0.3) is 5.56 Å². The van der Waals surface area contributed by atoms with Gasteiger partial charge < -0.3 is 36.6 Å². The summed E-state index contributed by atoms with van der Waals surface area (Å²) >= 11 is 0.706. The van der Waals surface area contributed by atoms with E-state index in [-0.39, 0.29) is 0 Å². The minimum absolute atomic E-state index is 0.588. The number of aromatic nitrogens is 2. The summed E-state index contributed by atoms with van der Waals surface area (Å²) in [5, 5.41) is 48.8. The molecule has 1 fully saturated rings. The quantitative estimate of drug-likeness (QED) is 0.216. The molecule has 2 rings (SSSR count). The first kappa shape index (κ1) is 23.1. The van der Waals surface area contributed by atoms with E-state index in [1.807, 2.05) is 5.32 Å². The molecule has 0 aromatic carbocycles. The highest BCUT2D eigenvalue weighted by molar-refractivity contribution is 8.00. The van der Waals surface area contributed by atoms with Crippen LogP contribution >= 0.6 is 11.8 Å². The number of rotatable bonds is 7. The molecule has 0 radical (unpaired) electrons. The molecule has 13 nitrogen and oxygen atoms in total. The van der Waals surface area contributed by atoms with Crippen LogP contribution in [0.2, 0.25) is 0 Å². The SMILES string of the molecule is Cn1c(=O)ccn([C@@H]2S[C@H]([C@@H](O)[C@@H](NC(=O)[C@@H](N)CO)C(=O)O)[C@H](O)[C@H]2O)c1=O. The van der Waals surface area contributed by atoms with Crippen molar-refractivity contribution in [2.24, 2.45) is 12.8 Å². The standard InChI is InChI=1S/C15H22N4O9S/c1-18-6(21)2-3-19(15(18)28)13-10(24)9(23)11(29-13)8(22)7(14(26)27)17-12(25)5(16)4-20/h2-3,5,7-11,13,20,22-24H,4,16H2,1H3,(H,17,25)(H,26,27)/t5-,7+,8-,9+,10+,11+,13+/m0/s1. The molecule has 0 unspecified atom stereocenters. The van der Waals surface area contributed by atoms with Crippen LogP contribution in [0.5, 0.6) is 0 Å². The first-order chi connectivity index (χ1) is 13.5. The zero-order valence-corrected chi connectivity index (χ0v) is 16.0. The molecule has 2 heterocycles. The van der Waals surface area contributed by atoms with Gasteiger partial charge in [-0.05, 0) is 0 Å². The molecule has 8 N–H and O–H groups in total. The largest absolute Gasteiger partial charge is 0.480 e. The molecule has 1 aromatic heterocycles. The lowest BCUT2D eigenvalue weighted by atomic mass is 10.00. The second-order valence-corrected chi connectivity index (χ2v) is 7.78. The third-order valence-corrected chi connectivity index (χ3v) is 6.20. The van der Waals surface area contributed by atoms with Crippen molar-refractivity contribution in [3.05, 3.63) is 33.1 Å². The fourth-order valence-corrected chi connectivity index (χ4v) is 4.38. The Morgan fingerprint density at radius 3 is 2.48 bits per heavy atom. The average Bonchev–Trinajstić information content (AvgIpc) is 2.97. The monoisotopic (exact) mass is 434 g/mol. The average molecular weight is 434 g/mol. The first-order valence-electron chi connectivity index (χ1n) is 8.38. The van der Waals surface area contributed by atoms with E-state index in [1.165, 1.54) is 7.05 Å². The maximum absolute atomic E-state index is 12.3. The van der Waals surface area contributed by atoms with Crippen LogP contribution in [0.25, 0.3) is 0 Å². The summed E-state index contributed by atoms with van der Waals surface area (Å²) < 4.78 is 1.75. The van der Waals surface area contributed by atoms with Crippen LogP contribution in [0.4, 0.5) is 0 Å². The van der Waals surface area contributed by atoms with Gasteiger partial charge in [0.15, 0.2) is 6.04 Å². The molecule has 0 bridgehead atoms. The van der Waals surface area contributed by atoms with E-state index in [4.69, 9.17) is 10.8 Å². The summed E-state index contributed by atoms with van der Waals surface area (Å²) in [6.07, 6.45) is -4.01. The predicted molar refractivity (Wildman–Crippen MR) is 99.0 cm³/mol. The van der Waals surface area contributed by atoms with E-state index in [0.717, 1.165) is 21.4 Å². The number of carbonyl (C=O) groups excluding carboxylic acids is 1. The Labute approximate surface area is 167 Å². The summed E-state index contributed by atoms with van der Waals surface area (Å²) in [7, 11) is 1.22. The number of aliphatic hydroxyl groups is 4. The van der Waals surface area contributed by atoms with Gasteiger partial charge >= 0.3 is 11.7 Å². The number of hydrogen-bond donors (Lipinski definition) is 7. The van der Waals surface area contributed by atoms with Gasteiger partial charge in [-0.15, -0.1) is 11.8 Å². The van der Waals surface area contributed by atoms with Crippen molar-refractivity contribution in [3.8, 4) is 0 Å². The Balaban J connectivity index is 2.29. The third kappa shape index (κ3) is 4.52. The minimum Gasteiger partial charge on any atom is -0.480 e. The lowest BCUT2D eigenvalue weighted by molar-refractivity contribution is -0.146. The minimum atomic E-state index is -1.91. The number of nitrogens with zero attached hydrogens (tertiary/aromatic N) is 2. The Kier molecular flexibility index (Phi) is 7.20. The second kappa shape index (κ2) is 9.06. The van der Waals surface area contributed by atoms with Gasteiger partial charge in [0.1, 0.15) is 17.5 Å². The van der Waals surface area contributed by atoms with Crippen molar-refractivity contribution in [2.75, 3.05) is 6.61 Å². The van der Waals surface area contributed by atoms with Gasteiger partial charge in [0, 0.05) is 19.3 Å². The molecule has 29 heavy (non-hydrogen) atoms. The zero-order chi connectivity index (χ0) is 22.0. The van der Waals surface area contributed by atoms with Crippen LogP contribution in [0.15, 0.2) is 21.9 Å². The van der Waals surface area contributed by atoms with Gasteiger partial charge in [-0.1, -0.05) is 0 Å². The summed E-state index contributed by atoms with van der Waals surface area (Å²) in [5.74, 6) is -2.68. The van der Waals surface area contributed by atoms with Gasteiger partial charge in [-0.3, -0.25) is 18.7 Å². The van der Waals surface area contributed by atoms with E-state index < -0.39 is 70.8 Å². The number of carboxylic acid groups (broad SMARTS) is 1. The molecule has 162 valence electrons. The summed E-state index contributed by atoms with van der Waals surface area (Å²) in [6, 6.07) is -2.26. The molecule has 14 heteroatoms. The van der Waals surface area contributed by atoms with E-state index >= 15 is 0 Å². The number of aliphatic carboxylic acids is 1. The molecule has 1 aliphatic heterocycles. The topological polar surface area (TPSA) is 217 Å². The molecule has 1 amide bonds. The predicted octanol–water partition coefficient (Wildman–Crippen LogP) is -4.87. The van der Waals surface area contributed by atoms with Gasteiger partial charge in [0.2, 0.25) is 5.91 Å². The fraction of sp³-hybridized carbons (Fsp3) is 0.600. The molecule has 0 spiro atoms. The summed E-state index contributed by atoms with van der Waals surface area (Å²) in [6.45, 7) is -0.758. The molecule has 0 saturated carbocycles. The van der Waals surface area contributed by atoms with Gasteiger partial charge in [0.05, 0.1) is 24.1 Å². The van der Waals surface area contributed by atoms with Crippen molar-refractivity contribution in [1.82, 2.24) is 14.5 Å². The number of hydrogen-bond acceptors (Lipinski definition) is 10. The Morgan fingerprint density at radius 1 is 1.31 bits per heavy atom. The second-order valence-electron chi connectivity index (χ2n) is 6.48. The van der Waals surface area contributed by atoms with Crippen molar-refractivity contribution in [2.45, 2.75) is 41.0 Å². The van der Waals surface area contributed by atoms with Crippen molar-refractivity contribution in [3.63, 3.8) is 0 Å². The summed E-state index contributed by atoms with van der Waals surface area (Å²) in [4.78, 5) is 47.1. The Bertz CT molecular complexity index is 887. The zero-order valence-electron chi connectivity index (χ0n) is 15.2. The maximum atomic E-state index is 12.3. The molecule has 1 aliphatic rings. The maximum Gasteiger partial charge on any atom is 0.331 e. The van der Waals surface area contributed by atoms with Crippen LogP contribution in [-0.4, -0.2) is 88.8 Å². The van der Waals surface area contributed by atoms with Gasteiger partial charge in [-0.25, -0.2) is 9.59 Å². The molecular weight excluding hydrogens is 412 g/mol. The highest BCUT2D eigenvalue weighted by Gasteiger charge is 2.50. The smallest absolute Gasteiger partial charge is 0.331 e. The van der Waals surface area contributed by atoms with E-state index in [0.29, 0.717) is 11.8 Å². The van der Waals surface area contributed by atoms with Crippen molar-refractivity contribution < 1.29 is 35.1 Å². The normalized spacial score (nSPS) is 27.2. The molecular formula is C15H22N4O9S. The third-order valence-electron chi connectivity index (χ3n) is 4.54. The van der Waals surface area contributed by atoms with Crippen LogP contribution < -0.4 is 22.3 Å². The fourth-order valence-electron chi connectivity index (χ4n) is 2.80. The van der Waals surface area contributed by atoms with E-state index in [2.05, 4.69) is 0 Å². The number of nitrogens with one attached hydrogen (secondary N) is 1. The lowest BCUT2D eigenvalue weighted by Gasteiger charge is -2.27. The highest BCUT2D eigenvalue weighted by atomic mass is 32.2. The molecule has 0 aliphatic carbocycles. The lowest BCUT2D eigenvalue weighted by Crippen LogP contribution is -2.57. The van der Waals surface area contributed by atoms with Crippen molar-refractivity contribution in [1.29, 1.82) is 0 Å². The number of carboxylic acids is 1. The first-order valence-corrected chi connectivity index (χ1v) is 9.33. The van der Waals surface area contributed by atoms with Crippen molar-refractivity contribution >= 4 is 23.6 Å². The molecule has 7 atom stereocenters. The molecule has 1 aromatic rings. The number of amides is 1. The Morgan fingerprint density at radius 2 is 1.93 bits per heavy atom. The van der Waals surface area contributed by atoms with Gasteiger partial charge in [-0.2, -0.15) is 0 Å². The molecule has 1 saturated heterocycles. The van der Waals surface area contributed by atoms with Crippen LogP contribution in [0.3, 0.4) is 0 Å². The van der Waals surface area contributed by atoms with E-state index in [9.17, 15) is 39.6 Å². The summed E-state index contributed by atoms with van der Waals surface area (Å²) in [5.41, 5.74) is 3.94.